The summed E-state index contributed by atoms with van der Waals surface area (Å²) in [6.45, 7) is 0. The van der Waals surface area contributed by atoms with Crippen LogP contribution >= 0.6 is 11.7 Å². The standard InChI is InChI=1S/C6H2BN2S.Re/c7-4-1-2-5-6(3-4)9-10-8-5;/h2-3H;/q-1;. The predicted molar refractivity (Wildman–Crippen MR) is 41.6 cm³/mol. The third-order valence-corrected chi connectivity index (χ3v) is 1.77. The monoisotopic (exact) mass is 332 g/mol. The third kappa shape index (κ3) is 1.67. The van der Waals surface area contributed by atoms with Crippen molar-refractivity contribution in [1.82, 2.24) is 8.75 Å². The van der Waals surface area contributed by atoms with Crippen LogP contribution in [0.5, 0.6) is 0 Å². The summed E-state index contributed by atoms with van der Waals surface area (Å²) in [6.07, 6.45) is 0. The van der Waals surface area contributed by atoms with Gasteiger partial charge in [0, 0.05) is 20.4 Å². The number of nitrogens with zero attached hydrogens (tertiary/aromatic N) is 2. The largest absolute Gasteiger partial charge is 0.240 e. The Labute approximate surface area is 83.4 Å². The summed E-state index contributed by atoms with van der Waals surface area (Å²) in [6, 6.07) is 6.35. The molecule has 0 aliphatic rings. The molecule has 0 bridgehead atoms. The molecule has 1 aromatic heterocycles. The Kier molecular flexibility index (Phi) is 2.77. The second-order valence-corrected chi connectivity index (χ2v) is 2.45. The van der Waals surface area contributed by atoms with Crippen LogP contribution in [0.15, 0.2) is 12.1 Å². The van der Waals surface area contributed by atoms with Crippen molar-refractivity contribution in [3.8, 4) is 0 Å². The second-order valence-electron chi connectivity index (χ2n) is 1.92. The number of fused-ring (bicyclic) bond motifs is 1. The van der Waals surface area contributed by atoms with Gasteiger partial charge in [0.15, 0.2) is 0 Å². The molecule has 0 aliphatic heterocycles. The fourth-order valence-electron chi connectivity index (χ4n) is 0.743. The first-order chi connectivity index (χ1) is 4.86. The van der Waals surface area contributed by atoms with Gasteiger partial charge < -0.3 is 0 Å². The van der Waals surface area contributed by atoms with Gasteiger partial charge in [-0.1, -0.05) is 0 Å². The van der Waals surface area contributed by atoms with Crippen molar-refractivity contribution in [2.45, 2.75) is 0 Å². The van der Waals surface area contributed by atoms with E-state index in [0.29, 0.717) is 5.46 Å². The van der Waals surface area contributed by atoms with Crippen molar-refractivity contribution < 1.29 is 20.4 Å². The molecule has 0 N–H and O–H groups in total. The summed E-state index contributed by atoms with van der Waals surface area (Å²) >= 11 is 1.19. The van der Waals surface area contributed by atoms with E-state index in [1.165, 1.54) is 11.7 Å². The predicted octanol–water partition coefficient (Wildman–Crippen LogP) is 0.283. The zero-order valence-electron chi connectivity index (χ0n) is 5.41. The van der Waals surface area contributed by atoms with Crippen LogP contribution in [-0.2, 0) is 20.4 Å². The van der Waals surface area contributed by atoms with Crippen molar-refractivity contribution >= 4 is 36.1 Å². The normalized spacial score (nSPS) is 9.45. The zero-order chi connectivity index (χ0) is 6.97. The molecule has 1 aromatic carbocycles. The maximum absolute atomic E-state index is 5.46. The molecule has 2 nitrogen and oxygen atoms in total. The van der Waals surface area contributed by atoms with Gasteiger partial charge in [0.2, 0.25) is 0 Å². The number of aromatic nitrogens is 2. The quantitative estimate of drug-likeness (QED) is 0.512. The topological polar surface area (TPSA) is 25.8 Å². The summed E-state index contributed by atoms with van der Waals surface area (Å²) in [5, 5.41) is 0. The van der Waals surface area contributed by atoms with E-state index in [4.69, 9.17) is 7.85 Å². The maximum Gasteiger partial charge on any atom is 0.0773 e. The molecule has 5 heteroatoms. The van der Waals surface area contributed by atoms with Crippen molar-refractivity contribution in [3.05, 3.63) is 18.2 Å². The van der Waals surface area contributed by atoms with E-state index < -0.39 is 0 Å². The minimum Gasteiger partial charge on any atom is -0.240 e. The minimum atomic E-state index is 0. The van der Waals surface area contributed by atoms with Crippen molar-refractivity contribution in [1.29, 1.82) is 0 Å². The van der Waals surface area contributed by atoms with Crippen molar-refractivity contribution in [3.63, 3.8) is 0 Å². The average Bonchev–Trinajstić information content (AvgIpc) is 2.33. The van der Waals surface area contributed by atoms with Gasteiger partial charge in [0.1, 0.15) is 0 Å². The van der Waals surface area contributed by atoms with E-state index in [9.17, 15) is 0 Å². The average molecular weight is 331 g/mol. The van der Waals surface area contributed by atoms with Crippen LogP contribution in [0.4, 0.5) is 0 Å². The smallest absolute Gasteiger partial charge is 0.0773 e. The fourth-order valence-corrected chi connectivity index (χ4v) is 1.25. The van der Waals surface area contributed by atoms with Gasteiger partial charge in [0.05, 0.1) is 19.6 Å². The first-order valence-electron chi connectivity index (χ1n) is 2.76. The van der Waals surface area contributed by atoms with Gasteiger partial charge in [0.25, 0.3) is 0 Å². The van der Waals surface area contributed by atoms with Crippen LogP contribution in [0.2, 0.25) is 0 Å². The van der Waals surface area contributed by atoms with Gasteiger partial charge in [-0.05, 0) is 11.0 Å². The van der Waals surface area contributed by atoms with Crippen LogP contribution in [0.25, 0.3) is 11.0 Å². The fraction of sp³-hybridized carbons (Fsp3) is 0. The molecule has 0 spiro atoms. The van der Waals surface area contributed by atoms with E-state index in [1.807, 2.05) is 0 Å². The molecule has 53 valence electrons. The molecular weight excluding hydrogens is 329 g/mol. The van der Waals surface area contributed by atoms with E-state index >= 15 is 0 Å². The summed E-state index contributed by atoms with van der Waals surface area (Å²) in [5.41, 5.74) is 2.32. The van der Waals surface area contributed by atoms with Crippen LogP contribution in [0.3, 0.4) is 0 Å². The zero-order valence-corrected chi connectivity index (χ0v) is 8.94. The van der Waals surface area contributed by atoms with E-state index in [2.05, 4.69) is 14.8 Å². The molecule has 1 heterocycles. The Morgan fingerprint density at radius 2 is 2.09 bits per heavy atom. The molecule has 0 atom stereocenters. The minimum absolute atomic E-state index is 0. The van der Waals surface area contributed by atoms with E-state index in [-0.39, 0.29) is 20.4 Å². The summed E-state index contributed by atoms with van der Waals surface area (Å²) in [4.78, 5) is 0. The molecule has 0 saturated heterocycles. The molecule has 2 rings (SSSR count). The Hall–Kier alpha value is -0.233. The number of hydrogen-bond acceptors (Lipinski definition) is 3. The molecule has 0 unspecified atom stereocenters. The Morgan fingerprint density at radius 1 is 1.36 bits per heavy atom. The second kappa shape index (κ2) is 3.44. The molecule has 0 saturated carbocycles. The summed E-state index contributed by atoms with van der Waals surface area (Å²) in [7, 11) is 5.46. The van der Waals surface area contributed by atoms with Crippen LogP contribution < -0.4 is 5.46 Å². The van der Waals surface area contributed by atoms with E-state index in [0.717, 1.165) is 11.0 Å². The van der Waals surface area contributed by atoms with Crippen molar-refractivity contribution in [2.75, 3.05) is 0 Å². The van der Waals surface area contributed by atoms with Gasteiger partial charge >= 0.3 is 0 Å². The van der Waals surface area contributed by atoms with Gasteiger partial charge in [-0.25, -0.2) is 14.2 Å². The summed E-state index contributed by atoms with van der Waals surface area (Å²) < 4.78 is 8.01. The molecular formula is C6H2BN2ReS-. The molecule has 11 heavy (non-hydrogen) atoms. The molecule has 0 fully saturated rings. The van der Waals surface area contributed by atoms with Crippen molar-refractivity contribution in [2.24, 2.45) is 0 Å². The van der Waals surface area contributed by atoms with Crippen LogP contribution in [0.1, 0.15) is 0 Å². The first kappa shape index (κ1) is 8.86. The third-order valence-electron chi connectivity index (χ3n) is 1.21. The van der Waals surface area contributed by atoms with Crippen LogP contribution in [0, 0.1) is 6.07 Å². The number of benzene rings is 1. The summed E-state index contributed by atoms with van der Waals surface area (Å²) in [5.74, 6) is 0. The van der Waals surface area contributed by atoms with Crippen LogP contribution in [-0.4, -0.2) is 16.6 Å². The Bertz CT molecular complexity index is 362. The maximum atomic E-state index is 5.46. The van der Waals surface area contributed by atoms with Gasteiger partial charge in [-0.2, -0.15) is 6.07 Å². The molecule has 2 aromatic rings. The van der Waals surface area contributed by atoms with Gasteiger partial charge in [-0.3, -0.25) is 0 Å². The molecule has 0 aliphatic carbocycles. The number of rotatable bonds is 0. The SMILES string of the molecule is [B]c1[c-]cc2nsnc2c1.[Re]. The van der Waals surface area contributed by atoms with Gasteiger partial charge in [-0.15, -0.1) is 12.1 Å². The van der Waals surface area contributed by atoms with E-state index in [1.54, 1.807) is 12.1 Å². The number of hydrogen-bond donors (Lipinski definition) is 0. The molecule has 0 amide bonds. The Morgan fingerprint density at radius 3 is 2.91 bits per heavy atom. The Balaban J connectivity index is 0.000000605. The molecule has 3 radical (unpaired) electrons. The first-order valence-corrected chi connectivity index (χ1v) is 3.49.